The van der Waals surface area contributed by atoms with Gasteiger partial charge in [0.15, 0.2) is 0 Å². The number of anilines is 2. The molecule has 0 saturated carbocycles. The van der Waals surface area contributed by atoms with Crippen molar-refractivity contribution in [3.63, 3.8) is 0 Å². The van der Waals surface area contributed by atoms with E-state index in [1.807, 2.05) is 24.3 Å². The molecule has 1 aliphatic rings. The molecule has 1 fully saturated rings. The Kier molecular flexibility index (Phi) is 5.15. The zero-order valence-electron chi connectivity index (χ0n) is 12.7. The van der Waals surface area contributed by atoms with E-state index in [1.54, 1.807) is 6.07 Å². The number of benzene rings is 1. The van der Waals surface area contributed by atoms with Gasteiger partial charge in [-0.05, 0) is 30.5 Å². The number of nitrogen functional groups attached to an aromatic ring is 1. The molecule has 0 spiro atoms. The third-order valence-corrected chi connectivity index (χ3v) is 3.74. The van der Waals surface area contributed by atoms with Crippen LogP contribution in [0.15, 0.2) is 30.3 Å². The summed E-state index contributed by atoms with van der Waals surface area (Å²) in [5, 5.41) is 3.48. The molecule has 0 aliphatic carbocycles. The fraction of sp³-hybridized carbons (Fsp3) is 0.375. The van der Waals surface area contributed by atoms with Crippen molar-refractivity contribution in [3.05, 3.63) is 41.0 Å². The number of nitrogens with one attached hydrogen (secondary N) is 1. The fourth-order valence-electron chi connectivity index (χ4n) is 2.43. The number of hydrogen-bond donors (Lipinski definition) is 2. The van der Waals surface area contributed by atoms with Gasteiger partial charge < -0.3 is 20.5 Å². The third-order valence-electron chi connectivity index (χ3n) is 3.54. The lowest BCUT2D eigenvalue weighted by atomic mass is 10.2. The second-order valence-electron chi connectivity index (χ2n) is 5.38. The van der Waals surface area contributed by atoms with Gasteiger partial charge in [0.25, 0.3) is 0 Å². The number of aromatic nitrogens is 2. The quantitative estimate of drug-likeness (QED) is 0.790. The maximum atomic E-state index is 5.86. The van der Waals surface area contributed by atoms with Crippen molar-refractivity contribution in [3.8, 4) is 5.75 Å². The summed E-state index contributed by atoms with van der Waals surface area (Å²) in [6.45, 7) is 2.02. The van der Waals surface area contributed by atoms with Gasteiger partial charge >= 0.3 is 0 Å². The molecule has 1 aromatic carbocycles. The molecule has 1 aliphatic heterocycles. The molecule has 3 rings (SSSR count). The van der Waals surface area contributed by atoms with Crippen LogP contribution in [0.2, 0.25) is 5.15 Å². The number of halogens is 1. The number of rotatable bonds is 6. The van der Waals surface area contributed by atoms with Crippen LogP contribution in [0.4, 0.5) is 11.8 Å². The molecule has 7 heteroatoms. The molecule has 122 valence electrons. The SMILES string of the molecule is Nc1nc(Cl)cc(NCc2cccc(OC[C@@H]3CCCO3)c2)n1. The summed E-state index contributed by atoms with van der Waals surface area (Å²) in [5.74, 6) is 1.57. The van der Waals surface area contributed by atoms with Crippen molar-refractivity contribution >= 4 is 23.4 Å². The zero-order chi connectivity index (χ0) is 16.1. The Bertz CT molecular complexity index is 642. The minimum absolute atomic E-state index is 0.147. The Morgan fingerprint density at radius 3 is 3.04 bits per heavy atom. The molecular formula is C16H19ClN4O2. The number of nitrogens with zero attached hydrogens (tertiary/aromatic N) is 2. The van der Waals surface area contributed by atoms with Gasteiger partial charge in [0.2, 0.25) is 5.95 Å². The van der Waals surface area contributed by atoms with E-state index in [4.69, 9.17) is 26.8 Å². The van der Waals surface area contributed by atoms with Gasteiger partial charge in [0.1, 0.15) is 23.3 Å². The second-order valence-corrected chi connectivity index (χ2v) is 5.77. The average molecular weight is 335 g/mol. The van der Waals surface area contributed by atoms with Crippen LogP contribution in [-0.2, 0) is 11.3 Å². The van der Waals surface area contributed by atoms with Gasteiger partial charge in [-0.2, -0.15) is 4.98 Å². The van der Waals surface area contributed by atoms with Crippen molar-refractivity contribution < 1.29 is 9.47 Å². The van der Waals surface area contributed by atoms with E-state index in [9.17, 15) is 0 Å². The first kappa shape index (κ1) is 15.8. The van der Waals surface area contributed by atoms with E-state index in [1.165, 1.54) is 0 Å². The van der Waals surface area contributed by atoms with Crippen LogP contribution < -0.4 is 15.8 Å². The van der Waals surface area contributed by atoms with Crippen LogP contribution >= 0.6 is 11.6 Å². The standard InChI is InChI=1S/C16H19ClN4O2/c17-14-8-15(21-16(18)20-14)19-9-11-3-1-4-12(7-11)23-10-13-5-2-6-22-13/h1,3-4,7-8,13H,2,5-6,9-10H2,(H3,18,19,20,21)/t13-/m0/s1. The summed E-state index contributed by atoms with van der Waals surface area (Å²) in [5.41, 5.74) is 6.65. The Hall–Kier alpha value is -2.05. The molecule has 1 aromatic heterocycles. The molecule has 0 radical (unpaired) electrons. The van der Waals surface area contributed by atoms with E-state index in [0.29, 0.717) is 24.1 Å². The van der Waals surface area contributed by atoms with Crippen molar-refractivity contribution in [2.24, 2.45) is 0 Å². The molecular weight excluding hydrogens is 316 g/mol. The van der Waals surface area contributed by atoms with E-state index in [-0.39, 0.29) is 12.1 Å². The molecule has 0 unspecified atom stereocenters. The Balaban J connectivity index is 1.56. The summed E-state index contributed by atoms with van der Waals surface area (Å²) in [6, 6.07) is 9.54. The summed E-state index contributed by atoms with van der Waals surface area (Å²) in [4.78, 5) is 7.91. The predicted molar refractivity (Wildman–Crippen MR) is 89.7 cm³/mol. The minimum atomic E-state index is 0.147. The molecule has 3 N–H and O–H groups in total. The largest absolute Gasteiger partial charge is 0.491 e. The normalized spacial score (nSPS) is 17.2. The Labute approximate surface area is 140 Å². The smallest absolute Gasteiger partial charge is 0.223 e. The zero-order valence-corrected chi connectivity index (χ0v) is 13.4. The highest BCUT2D eigenvalue weighted by atomic mass is 35.5. The lowest BCUT2D eigenvalue weighted by molar-refractivity contribution is 0.0679. The highest BCUT2D eigenvalue weighted by molar-refractivity contribution is 6.29. The number of ether oxygens (including phenoxy) is 2. The summed E-state index contributed by atoms with van der Waals surface area (Å²) in [7, 11) is 0. The van der Waals surface area contributed by atoms with Crippen LogP contribution in [0.25, 0.3) is 0 Å². The molecule has 0 bridgehead atoms. The molecule has 0 amide bonds. The first-order valence-electron chi connectivity index (χ1n) is 7.56. The van der Waals surface area contributed by atoms with Gasteiger partial charge in [-0.1, -0.05) is 23.7 Å². The van der Waals surface area contributed by atoms with Crippen LogP contribution in [0, 0.1) is 0 Å². The lowest BCUT2D eigenvalue weighted by Crippen LogP contribution is -2.16. The van der Waals surface area contributed by atoms with Gasteiger partial charge in [-0.3, -0.25) is 0 Å². The van der Waals surface area contributed by atoms with Gasteiger partial charge in [0, 0.05) is 19.2 Å². The van der Waals surface area contributed by atoms with E-state index >= 15 is 0 Å². The van der Waals surface area contributed by atoms with Crippen molar-refractivity contribution in [1.29, 1.82) is 0 Å². The highest BCUT2D eigenvalue weighted by Crippen LogP contribution is 2.18. The maximum absolute atomic E-state index is 5.86. The Morgan fingerprint density at radius 2 is 2.26 bits per heavy atom. The van der Waals surface area contributed by atoms with Crippen molar-refractivity contribution in [1.82, 2.24) is 9.97 Å². The van der Waals surface area contributed by atoms with E-state index < -0.39 is 0 Å². The lowest BCUT2D eigenvalue weighted by Gasteiger charge is -2.12. The van der Waals surface area contributed by atoms with Crippen LogP contribution in [0.1, 0.15) is 18.4 Å². The van der Waals surface area contributed by atoms with Crippen LogP contribution in [0.5, 0.6) is 5.75 Å². The molecule has 1 saturated heterocycles. The monoisotopic (exact) mass is 334 g/mol. The van der Waals surface area contributed by atoms with E-state index in [2.05, 4.69) is 15.3 Å². The maximum Gasteiger partial charge on any atom is 0.223 e. The van der Waals surface area contributed by atoms with Crippen molar-refractivity contribution in [2.45, 2.75) is 25.5 Å². The van der Waals surface area contributed by atoms with Crippen LogP contribution in [0.3, 0.4) is 0 Å². The molecule has 1 atom stereocenters. The van der Waals surface area contributed by atoms with Crippen molar-refractivity contribution in [2.75, 3.05) is 24.3 Å². The molecule has 2 heterocycles. The topological polar surface area (TPSA) is 82.3 Å². The predicted octanol–water partition coefficient (Wildman–Crippen LogP) is 2.88. The average Bonchev–Trinajstić information content (AvgIpc) is 3.04. The first-order chi connectivity index (χ1) is 11.2. The number of hydrogen-bond acceptors (Lipinski definition) is 6. The first-order valence-corrected chi connectivity index (χ1v) is 7.94. The minimum Gasteiger partial charge on any atom is -0.491 e. The van der Waals surface area contributed by atoms with Gasteiger partial charge in [-0.25, -0.2) is 4.98 Å². The molecule has 23 heavy (non-hydrogen) atoms. The molecule has 6 nitrogen and oxygen atoms in total. The van der Waals surface area contributed by atoms with Crippen LogP contribution in [-0.4, -0.2) is 29.3 Å². The summed E-state index contributed by atoms with van der Waals surface area (Å²) < 4.78 is 11.4. The summed E-state index contributed by atoms with van der Waals surface area (Å²) in [6.07, 6.45) is 2.39. The van der Waals surface area contributed by atoms with Gasteiger partial charge in [-0.15, -0.1) is 0 Å². The van der Waals surface area contributed by atoms with Gasteiger partial charge in [0.05, 0.1) is 6.10 Å². The molecule has 2 aromatic rings. The number of nitrogens with two attached hydrogens (primary N) is 1. The highest BCUT2D eigenvalue weighted by Gasteiger charge is 2.15. The summed E-state index contributed by atoms with van der Waals surface area (Å²) >= 11 is 5.86. The van der Waals surface area contributed by atoms with E-state index in [0.717, 1.165) is 30.8 Å². The Morgan fingerprint density at radius 1 is 1.35 bits per heavy atom. The second kappa shape index (κ2) is 7.48. The fourth-order valence-corrected chi connectivity index (χ4v) is 2.62. The third kappa shape index (κ3) is 4.71.